The molecule has 0 spiro atoms. The van der Waals surface area contributed by atoms with Crippen molar-refractivity contribution in [3.05, 3.63) is 11.8 Å². The molecule has 0 N–H and O–H groups in total. The highest BCUT2D eigenvalue weighted by molar-refractivity contribution is 5.45. The number of ether oxygens (including phenoxy) is 1. The Hall–Kier alpha value is -1.40. The molecular formula is C16H29N5O. The molecule has 1 fully saturated rings. The van der Waals surface area contributed by atoms with Gasteiger partial charge in [0.2, 0.25) is 5.95 Å². The van der Waals surface area contributed by atoms with Crippen LogP contribution in [0, 0.1) is 6.92 Å². The summed E-state index contributed by atoms with van der Waals surface area (Å²) in [6.07, 6.45) is 1.09. The Bertz CT molecular complexity index is 458. The first-order chi connectivity index (χ1) is 10.6. The zero-order valence-corrected chi connectivity index (χ0v) is 14.4. The number of aromatic nitrogens is 2. The number of hydrogen-bond acceptors (Lipinski definition) is 6. The summed E-state index contributed by atoms with van der Waals surface area (Å²) in [6.45, 7) is 11.1. The van der Waals surface area contributed by atoms with Crippen LogP contribution in [0.3, 0.4) is 0 Å². The molecule has 1 aromatic rings. The molecule has 6 nitrogen and oxygen atoms in total. The minimum atomic E-state index is 0.783. The molecule has 0 saturated carbocycles. The van der Waals surface area contributed by atoms with E-state index in [-0.39, 0.29) is 0 Å². The molecule has 0 aliphatic carbocycles. The Balaban J connectivity index is 1.86. The predicted octanol–water partition coefficient (Wildman–Crippen LogP) is 1.40. The van der Waals surface area contributed by atoms with Crippen molar-refractivity contribution in [2.75, 3.05) is 69.8 Å². The molecular weight excluding hydrogens is 278 g/mol. The molecule has 0 radical (unpaired) electrons. The highest BCUT2D eigenvalue weighted by atomic mass is 16.5. The molecule has 6 heteroatoms. The predicted molar refractivity (Wildman–Crippen MR) is 90.9 cm³/mol. The maximum absolute atomic E-state index is 5.57. The number of anilines is 2. The van der Waals surface area contributed by atoms with Crippen molar-refractivity contribution in [1.29, 1.82) is 0 Å². The number of nitrogens with zero attached hydrogens (tertiary/aromatic N) is 5. The van der Waals surface area contributed by atoms with Crippen molar-refractivity contribution >= 4 is 11.8 Å². The molecule has 0 atom stereocenters. The van der Waals surface area contributed by atoms with E-state index < -0.39 is 0 Å². The molecule has 0 aromatic carbocycles. The molecule has 0 unspecified atom stereocenters. The summed E-state index contributed by atoms with van der Waals surface area (Å²) in [6, 6.07) is 2.08. The Morgan fingerprint density at radius 1 is 1.14 bits per heavy atom. The van der Waals surface area contributed by atoms with Crippen molar-refractivity contribution in [1.82, 2.24) is 14.9 Å². The topological polar surface area (TPSA) is 44.7 Å². The second-order valence-electron chi connectivity index (χ2n) is 6.00. The smallest absolute Gasteiger partial charge is 0.226 e. The fourth-order valence-corrected chi connectivity index (χ4v) is 2.54. The summed E-state index contributed by atoms with van der Waals surface area (Å²) in [5.74, 6) is 1.82. The lowest BCUT2D eigenvalue weighted by atomic mass is 10.3. The fourth-order valence-electron chi connectivity index (χ4n) is 2.54. The Kier molecular flexibility index (Phi) is 6.39. The molecule has 22 heavy (non-hydrogen) atoms. The van der Waals surface area contributed by atoms with Gasteiger partial charge in [0.15, 0.2) is 0 Å². The van der Waals surface area contributed by atoms with Crippen molar-refractivity contribution in [3.8, 4) is 0 Å². The van der Waals surface area contributed by atoms with Gasteiger partial charge in [-0.2, -0.15) is 4.98 Å². The largest absolute Gasteiger partial charge is 0.380 e. The van der Waals surface area contributed by atoms with Crippen LogP contribution < -0.4 is 9.80 Å². The lowest BCUT2D eigenvalue weighted by Crippen LogP contribution is -2.47. The highest BCUT2D eigenvalue weighted by Crippen LogP contribution is 2.17. The SMILES string of the molecule is CCCOCCN1CCN(c2cc(C)nc(N(C)C)n2)CC1. The van der Waals surface area contributed by atoms with Crippen LogP contribution in [-0.2, 0) is 4.74 Å². The van der Waals surface area contributed by atoms with Gasteiger partial charge in [-0.25, -0.2) is 4.98 Å². The normalized spacial score (nSPS) is 16.1. The van der Waals surface area contributed by atoms with Crippen LogP contribution in [0.4, 0.5) is 11.8 Å². The molecule has 1 aromatic heterocycles. The van der Waals surface area contributed by atoms with Crippen LogP contribution >= 0.6 is 0 Å². The summed E-state index contributed by atoms with van der Waals surface area (Å²) >= 11 is 0. The molecule has 1 saturated heterocycles. The second-order valence-corrected chi connectivity index (χ2v) is 6.00. The van der Waals surface area contributed by atoms with Crippen LogP contribution in [0.2, 0.25) is 0 Å². The molecule has 1 aliphatic rings. The molecule has 1 aliphatic heterocycles. The van der Waals surface area contributed by atoms with E-state index in [2.05, 4.69) is 32.8 Å². The zero-order chi connectivity index (χ0) is 15.9. The molecule has 2 heterocycles. The molecule has 0 bridgehead atoms. The standard InChI is InChI=1S/C16H29N5O/c1-5-11-22-12-10-20-6-8-21(9-7-20)15-13-14(2)17-16(18-15)19(3)4/h13H,5-12H2,1-4H3. The third-order valence-corrected chi connectivity index (χ3v) is 3.83. The minimum absolute atomic E-state index is 0.783. The number of aryl methyl sites for hydroxylation is 1. The van der Waals surface area contributed by atoms with E-state index in [1.54, 1.807) is 0 Å². The number of rotatable bonds is 7. The average Bonchev–Trinajstić information content (AvgIpc) is 2.51. The van der Waals surface area contributed by atoms with Crippen LogP contribution in [0.1, 0.15) is 19.0 Å². The number of hydrogen-bond donors (Lipinski definition) is 0. The summed E-state index contributed by atoms with van der Waals surface area (Å²) in [5, 5.41) is 0. The van der Waals surface area contributed by atoms with E-state index in [1.165, 1.54) is 0 Å². The third-order valence-electron chi connectivity index (χ3n) is 3.83. The lowest BCUT2D eigenvalue weighted by molar-refractivity contribution is 0.102. The molecule has 124 valence electrons. The van der Waals surface area contributed by atoms with Gasteiger partial charge in [0.1, 0.15) is 5.82 Å². The van der Waals surface area contributed by atoms with E-state index in [4.69, 9.17) is 4.74 Å². The summed E-state index contributed by atoms with van der Waals surface area (Å²) < 4.78 is 5.57. The van der Waals surface area contributed by atoms with Gasteiger partial charge in [-0.05, 0) is 13.3 Å². The van der Waals surface area contributed by atoms with Gasteiger partial charge < -0.3 is 14.5 Å². The van der Waals surface area contributed by atoms with E-state index in [0.29, 0.717) is 0 Å². The van der Waals surface area contributed by atoms with E-state index >= 15 is 0 Å². The van der Waals surface area contributed by atoms with Crippen molar-refractivity contribution < 1.29 is 4.74 Å². The lowest BCUT2D eigenvalue weighted by Gasteiger charge is -2.35. The zero-order valence-electron chi connectivity index (χ0n) is 14.4. The van der Waals surface area contributed by atoms with Gasteiger partial charge in [0.05, 0.1) is 6.61 Å². The van der Waals surface area contributed by atoms with E-state index in [0.717, 1.165) is 69.8 Å². The fraction of sp³-hybridized carbons (Fsp3) is 0.750. The van der Waals surface area contributed by atoms with Crippen LogP contribution in [0.15, 0.2) is 6.07 Å². The van der Waals surface area contributed by atoms with Crippen LogP contribution in [0.25, 0.3) is 0 Å². The monoisotopic (exact) mass is 307 g/mol. The first-order valence-corrected chi connectivity index (χ1v) is 8.18. The van der Waals surface area contributed by atoms with Gasteiger partial charge in [0.25, 0.3) is 0 Å². The van der Waals surface area contributed by atoms with Crippen LogP contribution in [0.5, 0.6) is 0 Å². The van der Waals surface area contributed by atoms with Gasteiger partial charge >= 0.3 is 0 Å². The first-order valence-electron chi connectivity index (χ1n) is 8.18. The number of piperazine rings is 1. The highest BCUT2D eigenvalue weighted by Gasteiger charge is 2.19. The Morgan fingerprint density at radius 2 is 1.86 bits per heavy atom. The summed E-state index contributed by atoms with van der Waals surface area (Å²) in [7, 11) is 3.96. The second kappa shape index (κ2) is 8.29. The van der Waals surface area contributed by atoms with Crippen LogP contribution in [-0.4, -0.2) is 74.9 Å². The van der Waals surface area contributed by atoms with Gasteiger partial charge in [-0.1, -0.05) is 6.92 Å². The Morgan fingerprint density at radius 3 is 2.50 bits per heavy atom. The van der Waals surface area contributed by atoms with Gasteiger partial charge in [-0.3, -0.25) is 4.90 Å². The minimum Gasteiger partial charge on any atom is -0.380 e. The molecule has 0 amide bonds. The Labute approximate surface area is 134 Å². The maximum Gasteiger partial charge on any atom is 0.226 e. The maximum atomic E-state index is 5.57. The van der Waals surface area contributed by atoms with Crippen molar-refractivity contribution in [2.45, 2.75) is 20.3 Å². The van der Waals surface area contributed by atoms with Crippen molar-refractivity contribution in [2.24, 2.45) is 0 Å². The quantitative estimate of drug-likeness (QED) is 0.710. The summed E-state index contributed by atoms with van der Waals surface area (Å²) in [5.41, 5.74) is 1.02. The van der Waals surface area contributed by atoms with E-state index in [9.17, 15) is 0 Å². The third kappa shape index (κ3) is 4.81. The average molecular weight is 307 g/mol. The molecule has 2 rings (SSSR count). The van der Waals surface area contributed by atoms with Crippen molar-refractivity contribution in [3.63, 3.8) is 0 Å². The van der Waals surface area contributed by atoms with Gasteiger partial charge in [-0.15, -0.1) is 0 Å². The first kappa shape index (κ1) is 17.0. The summed E-state index contributed by atoms with van der Waals surface area (Å²) in [4.78, 5) is 15.9. The van der Waals surface area contributed by atoms with E-state index in [1.807, 2.05) is 25.9 Å². The van der Waals surface area contributed by atoms with Gasteiger partial charge in [0, 0.05) is 65.2 Å².